The van der Waals surface area contributed by atoms with Crippen molar-refractivity contribution in [2.45, 2.75) is 18.7 Å². The van der Waals surface area contributed by atoms with Crippen molar-refractivity contribution < 1.29 is 4.39 Å². The molecule has 0 saturated carbocycles. The number of hydrogen-bond donors (Lipinski definition) is 0. The minimum atomic E-state index is -0.0865. The Bertz CT molecular complexity index is 462. The summed E-state index contributed by atoms with van der Waals surface area (Å²) in [6, 6.07) is 5.76. The van der Waals surface area contributed by atoms with Crippen LogP contribution in [0.2, 0.25) is 0 Å². The molecular weight excluding hydrogens is 263 g/mol. The number of hydrogen-bond acceptors (Lipinski definition) is 1. The molecule has 1 aromatic carbocycles. The molecule has 0 amide bonds. The van der Waals surface area contributed by atoms with E-state index in [0.29, 0.717) is 0 Å². The predicted octanol–water partition coefficient (Wildman–Crippen LogP) is 4.50. The van der Waals surface area contributed by atoms with E-state index >= 15 is 0 Å². The lowest BCUT2D eigenvalue weighted by Gasteiger charge is -1.97. The zero-order chi connectivity index (χ0) is 10.1. The second-order valence-corrected chi connectivity index (χ2v) is 4.89. The molecule has 0 aliphatic rings. The Kier molecular flexibility index (Phi) is 2.88. The van der Waals surface area contributed by atoms with Crippen LogP contribution < -0.4 is 0 Å². The normalized spacial score (nSPS) is 11.1. The number of fused-ring (bicyclic) bond motifs is 1. The van der Waals surface area contributed by atoms with Crippen molar-refractivity contribution in [2.24, 2.45) is 0 Å². The molecule has 1 heterocycles. The molecule has 0 aliphatic carbocycles. The maximum atomic E-state index is 13.6. The molecule has 0 saturated heterocycles. The van der Waals surface area contributed by atoms with Gasteiger partial charge >= 0.3 is 0 Å². The zero-order valence-corrected chi connectivity index (χ0v) is 10.2. The maximum Gasteiger partial charge on any atom is 0.141 e. The van der Waals surface area contributed by atoms with Gasteiger partial charge in [0.05, 0.1) is 4.70 Å². The first kappa shape index (κ1) is 10.1. The van der Waals surface area contributed by atoms with Gasteiger partial charge in [-0.1, -0.05) is 28.9 Å². The molecule has 1 aromatic heterocycles. The molecule has 0 aliphatic heterocycles. The average Bonchev–Trinajstić information content (AvgIpc) is 2.61. The van der Waals surface area contributed by atoms with Crippen LogP contribution in [-0.4, -0.2) is 0 Å². The van der Waals surface area contributed by atoms with Crippen molar-refractivity contribution in [1.29, 1.82) is 0 Å². The first-order valence-corrected chi connectivity index (χ1v) is 6.45. The van der Waals surface area contributed by atoms with Crippen LogP contribution in [0.5, 0.6) is 0 Å². The molecule has 0 spiro atoms. The van der Waals surface area contributed by atoms with Gasteiger partial charge in [0.25, 0.3) is 0 Å². The lowest BCUT2D eigenvalue weighted by atomic mass is 10.1. The number of thiophene rings is 1. The smallest absolute Gasteiger partial charge is 0.141 e. The van der Waals surface area contributed by atoms with Crippen LogP contribution in [0, 0.1) is 5.82 Å². The Balaban J connectivity index is 2.67. The van der Waals surface area contributed by atoms with Gasteiger partial charge in [-0.25, -0.2) is 4.39 Å². The monoisotopic (exact) mass is 272 g/mol. The highest BCUT2D eigenvalue weighted by Crippen LogP contribution is 2.30. The van der Waals surface area contributed by atoms with E-state index in [2.05, 4.69) is 28.1 Å². The fraction of sp³-hybridized carbons (Fsp3) is 0.273. The zero-order valence-electron chi connectivity index (χ0n) is 7.81. The summed E-state index contributed by atoms with van der Waals surface area (Å²) in [4.78, 5) is 1.17. The van der Waals surface area contributed by atoms with Crippen LogP contribution in [-0.2, 0) is 11.8 Å². The first-order chi connectivity index (χ1) is 6.74. The van der Waals surface area contributed by atoms with Gasteiger partial charge in [-0.3, -0.25) is 0 Å². The summed E-state index contributed by atoms with van der Waals surface area (Å²) >= 11 is 4.90. The van der Waals surface area contributed by atoms with Crippen LogP contribution in [0.25, 0.3) is 10.1 Å². The van der Waals surface area contributed by atoms with Crippen LogP contribution >= 0.6 is 27.3 Å². The van der Waals surface area contributed by atoms with E-state index in [1.165, 1.54) is 16.2 Å². The highest BCUT2D eigenvalue weighted by atomic mass is 79.9. The Morgan fingerprint density at radius 3 is 2.79 bits per heavy atom. The molecule has 2 aromatic rings. The van der Waals surface area contributed by atoms with Crippen molar-refractivity contribution in [1.82, 2.24) is 0 Å². The van der Waals surface area contributed by atoms with Crippen molar-refractivity contribution in [3.63, 3.8) is 0 Å². The van der Waals surface area contributed by atoms with Gasteiger partial charge in [-0.2, -0.15) is 0 Å². The van der Waals surface area contributed by atoms with E-state index in [4.69, 9.17) is 0 Å². The largest absolute Gasteiger partial charge is 0.205 e. The highest BCUT2D eigenvalue weighted by molar-refractivity contribution is 9.08. The topological polar surface area (TPSA) is 0 Å². The number of alkyl halides is 1. The fourth-order valence-corrected chi connectivity index (χ4v) is 2.89. The molecule has 0 atom stereocenters. The Hall–Kier alpha value is -0.410. The van der Waals surface area contributed by atoms with E-state index < -0.39 is 0 Å². The lowest BCUT2D eigenvalue weighted by molar-refractivity contribution is 0.640. The molecule has 0 nitrogen and oxygen atoms in total. The average molecular weight is 273 g/mol. The molecular formula is C11H10BrFS. The minimum absolute atomic E-state index is 0.0865. The van der Waals surface area contributed by atoms with Crippen molar-refractivity contribution in [3.8, 4) is 0 Å². The van der Waals surface area contributed by atoms with Crippen molar-refractivity contribution in [2.75, 3.05) is 0 Å². The molecule has 3 heteroatoms. The minimum Gasteiger partial charge on any atom is -0.205 e. The van der Waals surface area contributed by atoms with Gasteiger partial charge in [0.15, 0.2) is 0 Å². The van der Waals surface area contributed by atoms with E-state index in [1.807, 2.05) is 6.92 Å². The van der Waals surface area contributed by atoms with Gasteiger partial charge in [0.1, 0.15) is 5.82 Å². The quantitative estimate of drug-likeness (QED) is 0.707. The van der Waals surface area contributed by atoms with Crippen molar-refractivity contribution in [3.05, 3.63) is 34.5 Å². The molecule has 14 heavy (non-hydrogen) atoms. The van der Waals surface area contributed by atoms with Crippen LogP contribution in [0.4, 0.5) is 4.39 Å². The molecule has 2 rings (SSSR count). The van der Waals surface area contributed by atoms with Crippen LogP contribution in [0.1, 0.15) is 17.4 Å². The third-order valence-corrected chi connectivity index (χ3v) is 4.36. The summed E-state index contributed by atoms with van der Waals surface area (Å²) in [5, 5.41) is 1.83. The van der Waals surface area contributed by atoms with Gasteiger partial charge in [-0.15, -0.1) is 11.3 Å². The van der Waals surface area contributed by atoms with Gasteiger partial charge < -0.3 is 0 Å². The Labute approximate surface area is 94.9 Å². The number of rotatable bonds is 2. The third-order valence-electron chi connectivity index (χ3n) is 2.22. The Morgan fingerprint density at radius 1 is 1.36 bits per heavy atom. The van der Waals surface area contributed by atoms with E-state index in [0.717, 1.165) is 27.4 Å². The Morgan fingerprint density at radius 2 is 2.14 bits per heavy atom. The van der Waals surface area contributed by atoms with E-state index in [-0.39, 0.29) is 5.82 Å². The summed E-state index contributed by atoms with van der Waals surface area (Å²) < 4.78 is 14.4. The summed E-state index contributed by atoms with van der Waals surface area (Å²) in [7, 11) is 0. The fourth-order valence-electron chi connectivity index (χ4n) is 1.49. The van der Waals surface area contributed by atoms with E-state index in [9.17, 15) is 4.39 Å². The second kappa shape index (κ2) is 3.99. The van der Waals surface area contributed by atoms with E-state index in [1.54, 1.807) is 6.07 Å². The number of halogens is 2. The number of aryl methyl sites for hydroxylation is 1. The molecule has 0 unspecified atom stereocenters. The summed E-state index contributed by atoms with van der Waals surface area (Å²) in [6.45, 7) is 2.04. The molecule has 74 valence electrons. The molecule has 0 fully saturated rings. The molecule has 0 N–H and O–H groups in total. The van der Waals surface area contributed by atoms with Gasteiger partial charge in [-0.05, 0) is 29.5 Å². The standard InChI is InChI=1S/C11H10BrFS/c1-2-7-3-8-5-9(6-12)14-11(8)10(13)4-7/h3-5H,2,6H2,1H3. The highest BCUT2D eigenvalue weighted by Gasteiger charge is 2.07. The lowest BCUT2D eigenvalue weighted by Crippen LogP contribution is -1.82. The molecule has 0 bridgehead atoms. The van der Waals surface area contributed by atoms with Crippen molar-refractivity contribution >= 4 is 37.4 Å². The second-order valence-electron chi connectivity index (χ2n) is 3.20. The van der Waals surface area contributed by atoms with Crippen LogP contribution in [0.3, 0.4) is 0 Å². The summed E-state index contributed by atoms with van der Waals surface area (Å²) in [6.07, 6.45) is 0.881. The third kappa shape index (κ3) is 1.71. The predicted molar refractivity (Wildman–Crippen MR) is 63.8 cm³/mol. The van der Waals surface area contributed by atoms with Gasteiger partial charge in [0.2, 0.25) is 0 Å². The molecule has 0 radical (unpaired) electrons. The number of benzene rings is 1. The summed E-state index contributed by atoms with van der Waals surface area (Å²) in [5.74, 6) is -0.0865. The summed E-state index contributed by atoms with van der Waals surface area (Å²) in [5.41, 5.74) is 1.06. The first-order valence-electron chi connectivity index (χ1n) is 4.51. The van der Waals surface area contributed by atoms with Gasteiger partial charge in [0, 0.05) is 10.2 Å². The van der Waals surface area contributed by atoms with Crippen LogP contribution in [0.15, 0.2) is 18.2 Å². The maximum absolute atomic E-state index is 13.6. The SMILES string of the molecule is CCc1cc(F)c2sc(CBr)cc2c1.